The van der Waals surface area contributed by atoms with Crippen molar-refractivity contribution in [1.29, 1.82) is 0 Å². The maximum Gasteiger partial charge on any atom is 0.224 e. The van der Waals surface area contributed by atoms with E-state index in [1.54, 1.807) is 18.2 Å². The van der Waals surface area contributed by atoms with Crippen LogP contribution >= 0.6 is 0 Å². The molecule has 0 aliphatic carbocycles. The number of nitrogens with one attached hydrogen (secondary N) is 1. The van der Waals surface area contributed by atoms with E-state index in [1.165, 1.54) is 17.9 Å². The van der Waals surface area contributed by atoms with Gasteiger partial charge in [0.2, 0.25) is 17.7 Å². The Morgan fingerprint density at radius 1 is 1.30 bits per heavy atom. The molecule has 23 heavy (non-hydrogen) atoms. The number of amides is 3. The third kappa shape index (κ3) is 4.28. The van der Waals surface area contributed by atoms with E-state index in [-0.39, 0.29) is 43.6 Å². The van der Waals surface area contributed by atoms with Crippen LogP contribution in [0.2, 0.25) is 0 Å². The molecule has 2 atom stereocenters. The minimum atomic E-state index is -0.601. The van der Waals surface area contributed by atoms with Crippen molar-refractivity contribution in [2.45, 2.75) is 25.8 Å². The van der Waals surface area contributed by atoms with Gasteiger partial charge in [0.25, 0.3) is 0 Å². The first kappa shape index (κ1) is 16.9. The lowest BCUT2D eigenvalue weighted by Gasteiger charge is -2.17. The number of nitrogens with zero attached hydrogens (tertiary/aromatic N) is 1. The van der Waals surface area contributed by atoms with Gasteiger partial charge in [0.1, 0.15) is 5.82 Å². The monoisotopic (exact) mass is 321 g/mol. The fraction of sp³-hybridized carbons (Fsp3) is 0.438. The SMILES string of the molecule is CC(=O)N1C[C@H](NC(=O)CCc2ccccc2F)[C@H](C(N)=O)C1. The van der Waals surface area contributed by atoms with Crippen molar-refractivity contribution < 1.29 is 18.8 Å². The fourth-order valence-corrected chi connectivity index (χ4v) is 2.72. The van der Waals surface area contributed by atoms with Gasteiger partial charge in [-0.3, -0.25) is 14.4 Å². The molecule has 1 aliphatic rings. The zero-order valence-electron chi connectivity index (χ0n) is 12.9. The number of halogens is 1. The van der Waals surface area contributed by atoms with Crippen LogP contribution in [0.25, 0.3) is 0 Å². The summed E-state index contributed by atoms with van der Waals surface area (Å²) in [7, 11) is 0. The number of hydrogen-bond acceptors (Lipinski definition) is 3. The summed E-state index contributed by atoms with van der Waals surface area (Å²) in [5.41, 5.74) is 5.80. The van der Waals surface area contributed by atoms with E-state index in [9.17, 15) is 18.8 Å². The number of primary amides is 1. The average Bonchev–Trinajstić information content (AvgIpc) is 2.90. The second-order valence-corrected chi connectivity index (χ2v) is 5.70. The molecule has 1 fully saturated rings. The highest BCUT2D eigenvalue weighted by atomic mass is 19.1. The lowest BCUT2D eigenvalue weighted by atomic mass is 10.0. The summed E-state index contributed by atoms with van der Waals surface area (Å²) in [6.45, 7) is 1.87. The zero-order valence-corrected chi connectivity index (χ0v) is 12.9. The zero-order chi connectivity index (χ0) is 17.0. The van der Waals surface area contributed by atoms with Gasteiger partial charge in [-0.05, 0) is 18.1 Å². The summed E-state index contributed by atoms with van der Waals surface area (Å²) < 4.78 is 13.5. The Hall–Kier alpha value is -2.44. The molecule has 0 spiro atoms. The van der Waals surface area contributed by atoms with Crippen LogP contribution in [0.5, 0.6) is 0 Å². The molecule has 2 rings (SSSR count). The second-order valence-electron chi connectivity index (χ2n) is 5.70. The second kappa shape index (κ2) is 7.21. The van der Waals surface area contributed by atoms with Crippen LogP contribution < -0.4 is 11.1 Å². The first-order valence-electron chi connectivity index (χ1n) is 7.46. The number of benzene rings is 1. The molecule has 1 aromatic rings. The minimum Gasteiger partial charge on any atom is -0.369 e. The molecule has 0 radical (unpaired) electrons. The summed E-state index contributed by atoms with van der Waals surface area (Å²) >= 11 is 0. The first-order chi connectivity index (χ1) is 10.9. The van der Waals surface area contributed by atoms with Gasteiger partial charge in [-0.2, -0.15) is 0 Å². The van der Waals surface area contributed by atoms with Gasteiger partial charge in [-0.25, -0.2) is 4.39 Å². The third-order valence-corrected chi connectivity index (χ3v) is 4.06. The Morgan fingerprint density at radius 3 is 2.61 bits per heavy atom. The molecule has 1 saturated heterocycles. The van der Waals surface area contributed by atoms with Gasteiger partial charge >= 0.3 is 0 Å². The van der Waals surface area contributed by atoms with Crippen LogP contribution in [0.1, 0.15) is 18.9 Å². The summed E-state index contributed by atoms with van der Waals surface area (Å²) in [6, 6.07) is 5.77. The lowest BCUT2D eigenvalue weighted by molar-refractivity contribution is -0.128. The van der Waals surface area contributed by atoms with Gasteiger partial charge in [-0.15, -0.1) is 0 Å². The normalized spacial score (nSPS) is 20.3. The van der Waals surface area contributed by atoms with Gasteiger partial charge in [0.05, 0.1) is 12.0 Å². The van der Waals surface area contributed by atoms with Crippen molar-refractivity contribution in [3.05, 3.63) is 35.6 Å². The molecule has 3 N–H and O–H groups in total. The van der Waals surface area contributed by atoms with Crippen molar-refractivity contribution in [3.63, 3.8) is 0 Å². The number of rotatable bonds is 5. The summed E-state index contributed by atoms with van der Waals surface area (Å²) in [5, 5.41) is 2.73. The maximum absolute atomic E-state index is 13.5. The topological polar surface area (TPSA) is 92.5 Å². The summed E-state index contributed by atoms with van der Waals surface area (Å²) in [6.07, 6.45) is 0.367. The molecule has 7 heteroatoms. The molecule has 0 saturated carbocycles. The highest BCUT2D eigenvalue weighted by Gasteiger charge is 2.38. The van der Waals surface area contributed by atoms with Crippen LogP contribution in [0.15, 0.2) is 24.3 Å². The Kier molecular flexibility index (Phi) is 5.31. The van der Waals surface area contributed by atoms with E-state index in [4.69, 9.17) is 5.73 Å². The predicted octanol–water partition coefficient (Wildman–Crippen LogP) is 0.207. The van der Waals surface area contributed by atoms with Crippen LogP contribution in [-0.4, -0.2) is 41.8 Å². The highest BCUT2D eigenvalue weighted by molar-refractivity contribution is 5.83. The van der Waals surface area contributed by atoms with Crippen LogP contribution in [0.4, 0.5) is 4.39 Å². The maximum atomic E-state index is 13.5. The van der Waals surface area contributed by atoms with Gasteiger partial charge in [0, 0.05) is 26.4 Å². The van der Waals surface area contributed by atoms with Crippen molar-refractivity contribution in [2.75, 3.05) is 13.1 Å². The molecule has 0 bridgehead atoms. The summed E-state index contributed by atoms with van der Waals surface area (Å²) in [5.74, 6) is -1.96. The van der Waals surface area contributed by atoms with Crippen molar-refractivity contribution in [3.8, 4) is 0 Å². The lowest BCUT2D eigenvalue weighted by Crippen LogP contribution is -2.45. The van der Waals surface area contributed by atoms with Gasteiger partial charge in [0.15, 0.2) is 0 Å². The van der Waals surface area contributed by atoms with Crippen molar-refractivity contribution in [1.82, 2.24) is 10.2 Å². The third-order valence-electron chi connectivity index (χ3n) is 4.06. The van der Waals surface area contributed by atoms with E-state index in [0.29, 0.717) is 5.56 Å². The van der Waals surface area contributed by atoms with E-state index in [0.717, 1.165) is 0 Å². The quantitative estimate of drug-likeness (QED) is 0.812. The highest BCUT2D eigenvalue weighted by Crippen LogP contribution is 2.17. The fourth-order valence-electron chi connectivity index (χ4n) is 2.72. The Bertz CT molecular complexity index is 620. The Morgan fingerprint density at radius 2 is 2.00 bits per heavy atom. The molecule has 0 unspecified atom stereocenters. The van der Waals surface area contributed by atoms with Crippen LogP contribution in [0.3, 0.4) is 0 Å². The molecule has 1 heterocycles. The molecule has 6 nitrogen and oxygen atoms in total. The standard InChI is InChI=1S/C16H20FN3O3/c1-10(21)20-8-12(16(18)23)14(9-20)19-15(22)7-6-11-4-2-3-5-13(11)17/h2-5,12,14H,6-9H2,1H3,(H2,18,23)(H,19,22)/t12-,14+/m1/s1. The van der Waals surface area contributed by atoms with Gasteiger partial charge in [-0.1, -0.05) is 18.2 Å². The van der Waals surface area contributed by atoms with Crippen molar-refractivity contribution in [2.24, 2.45) is 11.7 Å². The average molecular weight is 321 g/mol. The number of nitrogens with two attached hydrogens (primary N) is 1. The molecule has 1 aliphatic heterocycles. The number of hydrogen-bond donors (Lipinski definition) is 2. The molecule has 124 valence electrons. The van der Waals surface area contributed by atoms with Crippen molar-refractivity contribution >= 4 is 17.7 Å². The van der Waals surface area contributed by atoms with Crippen LogP contribution in [-0.2, 0) is 20.8 Å². The summed E-state index contributed by atoms with van der Waals surface area (Å²) in [4.78, 5) is 36.4. The molecule has 3 amide bonds. The molecular formula is C16H20FN3O3. The number of carbonyl (C=O) groups excluding carboxylic acids is 3. The first-order valence-corrected chi connectivity index (χ1v) is 7.46. The van der Waals surface area contributed by atoms with E-state index >= 15 is 0 Å². The number of likely N-dealkylation sites (tertiary alicyclic amines) is 1. The predicted molar refractivity (Wildman–Crippen MR) is 81.6 cm³/mol. The van der Waals surface area contributed by atoms with E-state index in [1.807, 2.05) is 0 Å². The molecule has 0 aromatic heterocycles. The number of aryl methyl sites for hydroxylation is 1. The van der Waals surface area contributed by atoms with Gasteiger partial charge < -0.3 is 16.0 Å². The smallest absolute Gasteiger partial charge is 0.224 e. The minimum absolute atomic E-state index is 0.100. The molecule has 1 aromatic carbocycles. The number of carbonyl (C=O) groups is 3. The Balaban J connectivity index is 1.92. The molecular weight excluding hydrogens is 301 g/mol. The van der Waals surface area contributed by atoms with E-state index in [2.05, 4.69) is 5.32 Å². The largest absolute Gasteiger partial charge is 0.369 e. The van der Waals surface area contributed by atoms with Crippen LogP contribution in [0, 0.1) is 11.7 Å². The van der Waals surface area contributed by atoms with E-state index < -0.39 is 17.9 Å². The Labute approximate surface area is 133 Å².